The first-order chi connectivity index (χ1) is 11.3. The number of amides is 1. The molecule has 0 radical (unpaired) electrons. The third kappa shape index (κ3) is 2.66. The second kappa shape index (κ2) is 5.83. The molecule has 1 aliphatic heterocycles. The minimum Gasteiger partial charge on any atom is -0.469 e. The van der Waals surface area contributed by atoms with Gasteiger partial charge in [-0.1, -0.05) is 0 Å². The van der Waals surface area contributed by atoms with Crippen LogP contribution >= 0.6 is 0 Å². The summed E-state index contributed by atoms with van der Waals surface area (Å²) in [5.74, 6) is 3.15. The van der Waals surface area contributed by atoms with E-state index in [1.807, 2.05) is 17.0 Å². The first kappa shape index (κ1) is 14.5. The third-order valence-electron chi connectivity index (χ3n) is 5.17. The van der Waals surface area contributed by atoms with Crippen LogP contribution in [0.15, 0.2) is 29.1 Å². The van der Waals surface area contributed by atoms with E-state index >= 15 is 0 Å². The molecule has 2 aromatic heterocycles. The maximum absolute atomic E-state index is 12.6. The molecule has 3 heterocycles. The van der Waals surface area contributed by atoms with Crippen LogP contribution in [0.1, 0.15) is 49.6 Å². The number of hydrogen-bond acceptors (Lipinski definition) is 4. The number of aryl methyl sites for hydroxylation is 1. The van der Waals surface area contributed by atoms with Gasteiger partial charge in [-0.05, 0) is 38.3 Å². The van der Waals surface area contributed by atoms with E-state index in [1.54, 1.807) is 12.6 Å². The van der Waals surface area contributed by atoms with Crippen LogP contribution in [0.5, 0.6) is 0 Å². The average molecular weight is 314 g/mol. The van der Waals surface area contributed by atoms with Crippen molar-refractivity contribution in [1.29, 1.82) is 0 Å². The smallest absolute Gasteiger partial charge is 0.226 e. The van der Waals surface area contributed by atoms with Gasteiger partial charge < -0.3 is 13.9 Å². The zero-order valence-electron chi connectivity index (χ0n) is 13.4. The molecule has 1 saturated heterocycles. The van der Waals surface area contributed by atoms with Crippen molar-refractivity contribution in [2.24, 2.45) is 5.92 Å². The summed E-state index contributed by atoms with van der Waals surface area (Å²) in [5, 5.41) is 8.29. The Labute approximate surface area is 135 Å². The van der Waals surface area contributed by atoms with Crippen molar-refractivity contribution >= 4 is 5.91 Å². The van der Waals surface area contributed by atoms with Gasteiger partial charge in [-0.3, -0.25) is 4.79 Å². The van der Waals surface area contributed by atoms with Crippen molar-refractivity contribution in [2.75, 3.05) is 13.1 Å². The van der Waals surface area contributed by atoms with Crippen LogP contribution in [0, 0.1) is 5.92 Å². The number of furan rings is 1. The summed E-state index contributed by atoms with van der Waals surface area (Å²) in [5.41, 5.74) is 0. The largest absolute Gasteiger partial charge is 0.469 e. The van der Waals surface area contributed by atoms with Crippen LogP contribution in [-0.4, -0.2) is 38.7 Å². The molecule has 0 unspecified atom stereocenters. The lowest BCUT2D eigenvalue weighted by Gasteiger charge is -2.31. The molecule has 6 nitrogen and oxygen atoms in total. The molecule has 6 heteroatoms. The van der Waals surface area contributed by atoms with Gasteiger partial charge in [-0.15, -0.1) is 10.2 Å². The minimum atomic E-state index is 0.122. The molecule has 0 spiro atoms. The molecule has 0 N–H and O–H groups in total. The van der Waals surface area contributed by atoms with Crippen LogP contribution in [-0.2, 0) is 11.3 Å². The van der Waals surface area contributed by atoms with Crippen molar-refractivity contribution in [3.05, 3.63) is 36.3 Å². The zero-order chi connectivity index (χ0) is 15.8. The van der Waals surface area contributed by atoms with Crippen molar-refractivity contribution in [3.8, 4) is 0 Å². The van der Waals surface area contributed by atoms with Crippen LogP contribution in [0.3, 0.4) is 0 Å². The van der Waals surface area contributed by atoms with Gasteiger partial charge in [-0.2, -0.15) is 0 Å². The zero-order valence-corrected chi connectivity index (χ0v) is 13.4. The van der Waals surface area contributed by atoms with E-state index in [-0.39, 0.29) is 5.92 Å². The second-order valence-corrected chi connectivity index (χ2v) is 6.54. The molecule has 2 aromatic rings. The lowest BCUT2D eigenvalue weighted by Crippen LogP contribution is -2.39. The summed E-state index contributed by atoms with van der Waals surface area (Å²) in [7, 11) is 0. The van der Waals surface area contributed by atoms with Gasteiger partial charge in [0.2, 0.25) is 5.91 Å². The minimum absolute atomic E-state index is 0.122. The summed E-state index contributed by atoms with van der Waals surface area (Å²) in [6, 6.07) is 3.87. The Morgan fingerprint density at radius 1 is 1.39 bits per heavy atom. The van der Waals surface area contributed by atoms with E-state index in [4.69, 9.17) is 4.42 Å². The molecule has 2 fully saturated rings. The highest BCUT2D eigenvalue weighted by atomic mass is 16.3. The molecule has 2 aliphatic rings. The lowest BCUT2D eigenvalue weighted by atomic mass is 9.95. The lowest BCUT2D eigenvalue weighted by molar-refractivity contribution is -0.133. The number of hydrogen-bond donors (Lipinski definition) is 0. The summed E-state index contributed by atoms with van der Waals surface area (Å²) in [6.07, 6.45) is 6.36. The predicted octanol–water partition coefficient (Wildman–Crippen LogP) is 2.40. The molecule has 122 valence electrons. The first-order valence-corrected chi connectivity index (χ1v) is 8.47. The number of nitrogens with zero attached hydrogens (tertiary/aromatic N) is 4. The van der Waals surface area contributed by atoms with E-state index in [0.717, 1.165) is 50.5 Å². The van der Waals surface area contributed by atoms with Gasteiger partial charge in [0.15, 0.2) is 0 Å². The fourth-order valence-corrected chi connectivity index (χ4v) is 3.70. The number of aromatic nitrogens is 3. The van der Waals surface area contributed by atoms with Gasteiger partial charge in [0.1, 0.15) is 17.9 Å². The Morgan fingerprint density at radius 3 is 2.91 bits per heavy atom. The highest BCUT2D eigenvalue weighted by Crippen LogP contribution is 2.49. The SMILES string of the molecule is CCn1cnnc1C1CCN(C(=O)[C@H]2C[C@@H]2c2ccco2)CC1. The van der Waals surface area contributed by atoms with Crippen LogP contribution in [0.4, 0.5) is 0 Å². The van der Waals surface area contributed by atoms with E-state index < -0.39 is 0 Å². The molecule has 2 atom stereocenters. The Bertz CT molecular complexity index is 671. The van der Waals surface area contributed by atoms with Crippen molar-refractivity contribution in [1.82, 2.24) is 19.7 Å². The molecule has 1 amide bonds. The molecule has 23 heavy (non-hydrogen) atoms. The first-order valence-electron chi connectivity index (χ1n) is 8.47. The fourth-order valence-electron chi connectivity index (χ4n) is 3.70. The van der Waals surface area contributed by atoms with Crippen molar-refractivity contribution in [2.45, 2.75) is 44.6 Å². The molecule has 4 rings (SSSR count). The van der Waals surface area contributed by atoms with Gasteiger partial charge in [0.05, 0.1) is 6.26 Å². The molecular formula is C17H22N4O2. The van der Waals surface area contributed by atoms with E-state index in [1.165, 1.54) is 0 Å². The fraction of sp³-hybridized carbons (Fsp3) is 0.588. The van der Waals surface area contributed by atoms with Gasteiger partial charge in [0.25, 0.3) is 0 Å². The molecule has 1 saturated carbocycles. The summed E-state index contributed by atoms with van der Waals surface area (Å²) < 4.78 is 7.54. The predicted molar refractivity (Wildman–Crippen MR) is 83.8 cm³/mol. The number of likely N-dealkylation sites (tertiary alicyclic amines) is 1. The quantitative estimate of drug-likeness (QED) is 0.869. The average Bonchev–Trinajstić information content (AvgIpc) is 3.02. The van der Waals surface area contributed by atoms with E-state index in [2.05, 4.69) is 21.7 Å². The Morgan fingerprint density at radius 2 is 2.22 bits per heavy atom. The number of piperidine rings is 1. The Hall–Kier alpha value is -2.11. The number of carbonyl (C=O) groups is 1. The summed E-state index contributed by atoms with van der Waals surface area (Å²) >= 11 is 0. The van der Waals surface area contributed by atoms with Crippen molar-refractivity contribution < 1.29 is 9.21 Å². The van der Waals surface area contributed by atoms with Gasteiger partial charge in [-0.25, -0.2) is 0 Å². The Kier molecular flexibility index (Phi) is 3.67. The van der Waals surface area contributed by atoms with Crippen LogP contribution in [0.25, 0.3) is 0 Å². The Balaban J connectivity index is 1.34. The topological polar surface area (TPSA) is 64.2 Å². The standard InChI is InChI=1S/C17H22N4O2/c1-2-20-11-18-19-16(20)12-5-7-21(8-6-12)17(22)14-10-13(14)15-4-3-9-23-15/h3-4,9,11-14H,2,5-8,10H2,1H3/t13-,14-/m0/s1. The number of rotatable bonds is 4. The van der Waals surface area contributed by atoms with E-state index in [9.17, 15) is 4.79 Å². The van der Waals surface area contributed by atoms with Crippen molar-refractivity contribution in [3.63, 3.8) is 0 Å². The van der Waals surface area contributed by atoms with Crippen LogP contribution < -0.4 is 0 Å². The normalized spacial score (nSPS) is 24.8. The maximum atomic E-state index is 12.6. The van der Waals surface area contributed by atoms with Gasteiger partial charge >= 0.3 is 0 Å². The molecule has 0 bridgehead atoms. The maximum Gasteiger partial charge on any atom is 0.226 e. The molecule has 1 aliphatic carbocycles. The molecule has 0 aromatic carbocycles. The monoisotopic (exact) mass is 314 g/mol. The van der Waals surface area contributed by atoms with Crippen LogP contribution in [0.2, 0.25) is 0 Å². The molecular weight excluding hydrogens is 292 g/mol. The summed E-state index contributed by atoms with van der Waals surface area (Å²) in [6.45, 7) is 4.64. The van der Waals surface area contributed by atoms with Gasteiger partial charge in [0, 0.05) is 37.4 Å². The third-order valence-corrected chi connectivity index (χ3v) is 5.17. The van der Waals surface area contributed by atoms with E-state index in [0.29, 0.717) is 17.7 Å². The second-order valence-electron chi connectivity index (χ2n) is 6.54. The summed E-state index contributed by atoms with van der Waals surface area (Å²) in [4.78, 5) is 14.7. The highest BCUT2D eigenvalue weighted by Gasteiger charge is 2.47. The number of carbonyl (C=O) groups excluding carboxylic acids is 1. The highest BCUT2D eigenvalue weighted by molar-refractivity contribution is 5.83.